The fourth-order valence-corrected chi connectivity index (χ4v) is 2.30. The van der Waals surface area contributed by atoms with E-state index >= 15 is 0 Å². The van der Waals surface area contributed by atoms with Crippen molar-refractivity contribution in [3.05, 3.63) is 18.2 Å². The molecule has 2 rings (SSSR count). The van der Waals surface area contributed by atoms with Gasteiger partial charge in [-0.2, -0.15) is 0 Å². The van der Waals surface area contributed by atoms with Crippen molar-refractivity contribution in [1.82, 2.24) is 0 Å². The van der Waals surface area contributed by atoms with Crippen LogP contribution in [0.1, 0.15) is 46.0 Å². The van der Waals surface area contributed by atoms with Gasteiger partial charge in [-0.15, -0.1) is 0 Å². The second-order valence-electron chi connectivity index (χ2n) is 5.17. The summed E-state index contributed by atoms with van der Waals surface area (Å²) in [5, 5.41) is 9.93. The summed E-state index contributed by atoms with van der Waals surface area (Å²) in [5.41, 5.74) is 0. The monoisotopic (exact) mass is 250 g/mol. The Balaban J connectivity index is 2.00. The summed E-state index contributed by atoms with van der Waals surface area (Å²) in [6.07, 6.45) is 6.27. The summed E-state index contributed by atoms with van der Waals surface area (Å²) in [4.78, 5) is 0. The van der Waals surface area contributed by atoms with Gasteiger partial charge >= 0.3 is 0 Å². The van der Waals surface area contributed by atoms with Gasteiger partial charge in [-0.05, 0) is 51.7 Å². The second-order valence-corrected chi connectivity index (χ2v) is 5.17. The van der Waals surface area contributed by atoms with E-state index in [2.05, 4.69) is 0 Å². The van der Waals surface area contributed by atoms with E-state index in [-0.39, 0.29) is 18.0 Å². The Morgan fingerprint density at radius 1 is 1.17 bits per heavy atom. The lowest BCUT2D eigenvalue weighted by Crippen LogP contribution is -2.19. The van der Waals surface area contributed by atoms with Crippen LogP contribution in [0.2, 0.25) is 0 Å². The molecule has 3 heteroatoms. The molecule has 1 aromatic carbocycles. The molecule has 0 radical (unpaired) electrons. The van der Waals surface area contributed by atoms with Crippen LogP contribution in [0.5, 0.6) is 17.2 Å². The summed E-state index contributed by atoms with van der Waals surface area (Å²) in [6, 6.07) is 5.26. The summed E-state index contributed by atoms with van der Waals surface area (Å²) >= 11 is 0. The molecule has 1 N–H and O–H groups in total. The SMILES string of the molecule is CC(C)Oc1ccc(OC2CCCCC2)c(O)c1. The van der Waals surface area contributed by atoms with Crippen LogP contribution in [-0.4, -0.2) is 17.3 Å². The Kier molecular flexibility index (Phi) is 4.34. The number of phenols is 1. The van der Waals surface area contributed by atoms with Gasteiger partial charge in [0, 0.05) is 6.07 Å². The molecule has 1 aromatic rings. The molecule has 100 valence electrons. The average molecular weight is 250 g/mol. The highest BCUT2D eigenvalue weighted by atomic mass is 16.5. The van der Waals surface area contributed by atoms with Crippen molar-refractivity contribution < 1.29 is 14.6 Å². The van der Waals surface area contributed by atoms with Crippen LogP contribution >= 0.6 is 0 Å². The minimum atomic E-state index is 0.106. The van der Waals surface area contributed by atoms with Crippen LogP contribution in [-0.2, 0) is 0 Å². The summed E-state index contributed by atoms with van der Waals surface area (Å²) in [6.45, 7) is 3.92. The molecule has 1 aliphatic carbocycles. The lowest BCUT2D eigenvalue weighted by molar-refractivity contribution is 0.149. The van der Waals surface area contributed by atoms with Crippen molar-refractivity contribution >= 4 is 0 Å². The molecule has 0 amide bonds. The van der Waals surface area contributed by atoms with Gasteiger partial charge in [0.25, 0.3) is 0 Å². The van der Waals surface area contributed by atoms with E-state index in [1.165, 1.54) is 19.3 Å². The molecule has 0 heterocycles. The van der Waals surface area contributed by atoms with E-state index in [1.54, 1.807) is 12.1 Å². The molecule has 18 heavy (non-hydrogen) atoms. The van der Waals surface area contributed by atoms with E-state index in [4.69, 9.17) is 9.47 Å². The van der Waals surface area contributed by atoms with Gasteiger partial charge in [-0.1, -0.05) is 6.42 Å². The third-order valence-electron chi connectivity index (χ3n) is 3.15. The quantitative estimate of drug-likeness (QED) is 0.881. The predicted molar refractivity (Wildman–Crippen MR) is 71.4 cm³/mol. The molecule has 0 aliphatic heterocycles. The van der Waals surface area contributed by atoms with Gasteiger partial charge in [0.2, 0.25) is 0 Å². The van der Waals surface area contributed by atoms with E-state index in [0.29, 0.717) is 11.5 Å². The Labute approximate surface area is 109 Å². The number of phenolic OH excluding ortho intramolecular Hbond substituents is 1. The fraction of sp³-hybridized carbons (Fsp3) is 0.600. The van der Waals surface area contributed by atoms with Crippen LogP contribution in [0.15, 0.2) is 18.2 Å². The zero-order chi connectivity index (χ0) is 13.0. The average Bonchev–Trinajstić information content (AvgIpc) is 2.33. The summed E-state index contributed by atoms with van der Waals surface area (Å²) < 4.78 is 11.4. The maximum atomic E-state index is 9.93. The zero-order valence-electron chi connectivity index (χ0n) is 11.2. The maximum Gasteiger partial charge on any atom is 0.161 e. The standard InChI is InChI=1S/C15H22O3/c1-11(2)17-13-8-9-15(14(16)10-13)18-12-6-4-3-5-7-12/h8-12,16H,3-7H2,1-2H3. The second kappa shape index (κ2) is 5.98. The number of hydrogen-bond donors (Lipinski definition) is 1. The highest BCUT2D eigenvalue weighted by Crippen LogP contribution is 2.33. The van der Waals surface area contributed by atoms with Gasteiger partial charge in [-0.25, -0.2) is 0 Å². The molecular weight excluding hydrogens is 228 g/mol. The molecule has 0 atom stereocenters. The van der Waals surface area contributed by atoms with E-state index in [1.807, 2.05) is 19.9 Å². The third kappa shape index (κ3) is 3.56. The topological polar surface area (TPSA) is 38.7 Å². The van der Waals surface area contributed by atoms with Crippen molar-refractivity contribution in [2.24, 2.45) is 0 Å². The van der Waals surface area contributed by atoms with Crippen molar-refractivity contribution in [3.8, 4) is 17.2 Å². The maximum absolute atomic E-state index is 9.93. The van der Waals surface area contributed by atoms with E-state index in [0.717, 1.165) is 12.8 Å². The first kappa shape index (κ1) is 13.1. The molecule has 3 nitrogen and oxygen atoms in total. The molecule has 0 unspecified atom stereocenters. The molecule has 0 spiro atoms. The Hall–Kier alpha value is -1.38. The number of hydrogen-bond acceptors (Lipinski definition) is 3. The Bertz CT molecular complexity index is 381. The van der Waals surface area contributed by atoms with Crippen LogP contribution in [0.25, 0.3) is 0 Å². The lowest BCUT2D eigenvalue weighted by atomic mass is 9.98. The molecule has 0 bridgehead atoms. The Morgan fingerprint density at radius 3 is 2.50 bits per heavy atom. The molecule has 1 saturated carbocycles. The number of rotatable bonds is 4. The van der Waals surface area contributed by atoms with Crippen molar-refractivity contribution in [3.63, 3.8) is 0 Å². The molecule has 0 aromatic heterocycles. The van der Waals surface area contributed by atoms with Crippen molar-refractivity contribution in [2.75, 3.05) is 0 Å². The molecule has 1 aliphatic rings. The lowest BCUT2D eigenvalue weighted by Gasteiger charge is -2.23. The van der Waals surface area contributed by atoms with Gasteiger partial charge in [0.05, 0.1) is 12.2 Å². The number of benzene rings is 1. The highest BCUT2D eigenvalue weighted by Gasteiger charge is 2.16. The minimum absolute atomic E-state index is 0.106. The smallest absolute Gasteiger partial charge is 0.161 e. The first-order chi connectivity index (χ1) is 8.65. The van der Waals surface area contributed by atoms with Gasteiger partial charge < -0.3 is 14.6 Å². The zero-order valence-corrected chi connectivity index (χ0v) is 11.2. The van der Waals surface area contributed by atoms with Crippen LogP contribution in [0.4, 0.5) is 0 Å². The largest absolute Gasteiger partial charge is 0.504 e. The van der Waals surface area contributed by atoms with Gasteiger partial charge in [-0.3, -0.25) is 0 Å². The normalized spacial score (nSPS) is 16.8. The Morgan fingerprint density at radius 2 is 1.89 bits per heavy atom. The van der Waals surface area contributed by atoms with E-state index < -0.39 is 0 Å². The number of ether oxygens (including phenoxy) is 2. The van der Waals surface area contributed by atoms with Crippen LogP contribution in [0, 0.1) is 0 Å². The van der Waals surface area contributed by atoms with E-state index in [9.17, 15) is 5.11 Å². The molecule has 1 fully saturated rings. The molecular formula is C15H22O3. The number of aromatic hydroxyl groups is 1. The van der Waals surface area contributed by atoms with Gasteiger partial charge in [0.1, 0.15) is 5.75 Å². The fourth-order valence-electron chi connectivity index (χ4n) is 2.30. The summed E-state index contributed by atoms with van der Waals surface area (Å²) in [5.74, 6) is 1.41. The third-order valence-corrected chi connectivity index (χ3v) is 3.15. The van der Waals surface area contributed by atoms with Crippen molar-refractivity contribution in [2.45, 2.75) is 58.2 Å². The van der Waals surface area contributed by atoms with Crippen LogP contribution < -0.4 is 9.47 Å². The predicted octanol–water partition coefficient (Wildman–Crippen LogP) is 3.89. The summed E-state index contributed by atoms with van der Waals surface area (Å²) in [7, 11) is 0. The first-order valence-electron chi connectivity index (χ1n) is 6.81. The minimum Gasteiger partial charge on any atom is -0.504 e. The van der Waals surface area contributed by atoms with Crippen molar-refractivity contribution in [1.29, 1.82) is 0 Å². The van der Waals surface area contributed by atoms with Crippen LogP contribution in [0.3, 0.4) is 0 Å². The first-order valence-corrected chi connectivity index (χ1v) is 6.81. The highest BCUT2D eigenvalue weighted by molar-refractivity contribution is 5.44. The molecule has 0 saturated heterocycles. The van der Waals surface area contributed by atoms with Gasteiger partial charge in [0.15, 0.2) is 11.5 Å².